The number of fused-ring (bicyclic) bond motifs is 1. The Labute approximate surface area is 153 Å². The normalized spacial score (nSPS) is 10.7. The lowest BCUT2D eigenvalue weighted by molar-refractivity contribution is -0.116. The second-order valence-electron chi connectivity index (χ2n) is 6.26. The van der Waals surface area contributed by atoms with Gasteiger partial charge in [-0.1, -0.05) is 12.1 Å². The molecule has 0 bridgehead atoms. The van der Waals surface area contributed by atoms with Crippen LogP contribution < -0.4 is 10.6 Å². The fourth-order valence-electron chi connectivity index (χ4n) is 3.09. The zero-order chi connectivity index (χ0) is 18.5. The first kappa shape index (κ1) is 17.7. The number of aryl methyl sites for hydroxylation is 2. The monoisotopic (exact) mass is 349 g/mol. The third-order valence-electron chi connectivity index (χ3n) is 4.36. The maximum absolute atomic E-state index is 12.3. The number of nitrogens with one attached hydrogen (secondary N) is 2. The molecular formula is C21H23N3O2. The van der Waals surface area contributed by atoms with E-state index in [1.54, 1.807) is 24.3 Å². The molecule has 134 valence electrons. The van der Waals surface area contributed by atoms with Gasteiger partial charge in [-0.25, -0.2) is 0 Å². The van der Waals surface area contributed by atoms with Crippen molar-refractivity contribution in [3.05, 3.63) is 60.3 Å². The Hall–Kier alpha value is -3.08. The third-order valence-corrected chi connectivity index (χ3v) is 4.36. The number of nitrogens with zero attached hydrogens (tertiary/aromatic N) is 1. The van der Waals surface area contributed by atoms with Crippen LogP contribution in [0.2, 0.25) is 0 Å². The fourth-order valence-corrected chi connectivity index (χ4v) is 3.09. The van der Waals surface area contributed by atoms with Gasteiger partial charge >= 0.3 is 0 Å². The van der Waals surface area contributed by atoms with E-state index in [0.29, 0.717) is 18.5 Å². The first-order chi connectivity index (χ1) is 12.6. The van der Waals surface area contributed by atoms with Crippen LogP contribution in [0.3, 0.4) is 0 Å². The first-order valence-corrected chi connectivity index (χ1v) is 8.81. The molecular weight excluding hydrogens is 326 g/mol. The van der Waals surface area contributed by atoms with Crippen molar-refractivity contribution in [2.75, 3.05) is 10.6 Å². The van der Waals surface area contributed by atoms with Gasteiger partial charge in [0, 0.05) is 48.4 Å². The number of rotatable bonds is 6. The minimum atomic E-state index is -0.118. The molecule has 0 radical (unpaired) electrons. The van der Waals surface area contributed by atoms with Gasteiger partial charge in [-0.3, -0.25) is 9.59 Å². The van der Waals surface area contributed by atoms with Crippen molar-refractivity contribution in [1.82, 2.24) is 4.57 Å². The van der Waals surface area contributed by atoms with E-state index in [1.165, 1.54) is 23.4 Å². The molecule has 0 saturated carbocycles. The molecule has 0 fully saturated rings. The van der Waals surface area contributed by atoms with Gasteiger partial charge in [-0.2, -0.15) is 0 Å². The molecule has 5 heteroatoms. The Morgan fingerprint density at radius 3 is 2.31 bits per heavy atom. The van der Waals surface area contributed by atoms with E-state index < -0.39 is 0 Å². The Morgan fingerprint density at radius 1 is 0.962 bits per heavy atom. The van der Waals surface area contributed by atoms with Crippen molar-refractivity contribution in [2.24, 2.45) is 0 Å². The largest absolute Gasteiger partial charge is 0.348 e. The molecule has 2 N–H and O–H groups in total. The van der Waals surface area contributed by atoms with E-state index in [4.69, 9.17) is 0 Å². The van der Waals surface area contributed by atoms with Crippen molar-refractivity contribution in [3.8, 4) is 0 Å². The minimum Gasteiger partial charge on any atom is -0.348 e. The quantitative estimate of drug-likeness (QED) is 0.701. The molecule has 2 amide bonds. The highest BCUT2D eigenvalue weighted by Crippen LogP contribution is 2.22. The number of anilines is 2. The summed E-state index contributed by atoms with van der Waals surface area (Å²) in [6.45, 7) is 4.52. The van der Waals surface area contributed by atoms with E-state index in [9.17, 15) is 9.59 Å². The molecule has 1 aromatic heterocycles. The molecule has 3 aromatic rings. The van der Waals surface area contributed by atoms with Gasteiger partial charge in [0.2, 0.25) is 11.8 Å². The van der Waals surface area contributed by atoms with Gasteiger partial charge in [-0.05, 0) is 55.3 Å². The van der Waals surface area contributed by atoms with E-state index in [1.807, 2.05) is 6.07 Å². The Morgan fingerprint density at radius 2 is 1.65 bits per heavy atom. The van der Waals surface area contributed by atoms with Crippen LogP contribution >= 0.6 is 0 Å². The molecule has 3 rings (SSSR count). The van der Waals surface area contributed by atoms with Crippen molar-refractivity contribution in [2.45, 2.75) is 33.2 Å². The Kier molecular flexibility index (Phi) is 5.37. The van der Waals surface area contributed by atoms with Crippen LogP contribution in [-0.4, -0.2) is 16.4 Å². The molecule has 5 nitrogen and oxygen atoms in total. The van der Waals surface area contributed by atoms with E-state index in [-0.39, 0.29) is 11.8 Å². The van der Waals surface area contributed by atoms with Crippen molar-refractivity contribution in [1.29, 1.82) is 0 Å². The van der Waals surface area contributed by atoms with E-state index in [2.05, 4.69) is 46.5 Å². The van der Waals surface area contributed by atoms with Crippen LogP contribution in [0.5, 0.6) is 0 Å². The molecule has 0 saturated heterocycles. The van der Waals surface area contributed by atoms with Gasteiger partial charge in [0.25, 0.3) is 0 Å². The summed E-state index contributed by atoms with van der Waals surface area (Å²) < 4.78 is 2.20. The Balaban J connectivity index is 1.61. The molecule has 26 heavy (non-hydrogen) atoms. The van der Waals surface area contributed by atoms with Gasteiger partial charge in [0.1, 0.15) is 0 Å². The molecule has 0 unspecified atom stereocenters. The SMILES string of the molecule is CCn1ccc2c(CCC(=O)Nc3ccc(NC(C)=O)cc3)cccc21. The van der Waals surface area contributed by atoms with Gasteiger partial charge in [0.05, 0.1) is 0 Å². The summed E-state index contributed by atoms with van der Waals surface area (Å²) >= 11 is 0. The molecule has 0 atom stereocenters. The van der Waals surface area contributed by atoms with Crippen LogP contribution in [0.1, 0.15) is 25.8 Å². The highest BCUT2D eigenvalue weighted by molar-refractivity contribution is 5.92. The van der Waals surface area contributed by atoms with Crippen molar-refractivity contribution >= 4 is 34.1 Å². The van der Waals surface area contributed by atoms with E-state index >= 15 is 0 Å². The summed E-state index contributed by atoms with van der Waals surface area (Å²) in [6, 6.07) is 15.5. The van der Waals surface area contributed by atoms with Crippen LogP contribution in [0.4, 0.5) is 11.4 Å². The summed E-state index contributed by atoms with van der Waals surface area (Å²) in [5.74, 6) is -0.142. The highest BCUT2D eigenvalue weighted by Gasteiger charge is 2.08. The molecule has 0 aliphatic carbocycles. The topological polar surface area (TPSA) is 63.1 Å². The zero-order valence-corrected chi connectivity index (χ0v) is 15.1. The number of hydrogen-bond donors (Lipinski definition) is 2. The predicted molar refractivity (Wildman–Crippen MR) is 105 cm³/mol. The van der Waals surface area contributed by atoms with Crippen LogP contribution in [0, 0.1) is 0 Å². The van der Waals surface area contributed by atoms with Gasteiger partial charge in [-0.15, -0.1) is 0 Å². The second kappa shape index (κ2) is 7.87. The first-order valence-electron chi connectivity index (χ1n) is 8.81. The van der Waals surface area contributed by atoms with Gasteiger partial charge < -0.3 is 15.2 Å². The molecule has 0 aliphatic heterocycles. The van der Waals surface area contributed by atoms with Crippen LogP contribution in [0.25, 0.3) is 10.9 Å². The maximum atomic E-state index is 12.3. The summed E-state index contributed by atoms with van der Waals surface area (Å²) in [6.07, 6.45) is 3.20. The summed E-state index contributed by atoms with van der Waals surface area (Å²) in [7, 11) is 0. The Bertz CT molecular complexity index is 926. The number of aromatic nitrogens is 1. The van der Waals surface area contributed by atoms with Crippen molar-refractivity contribution < 1.29 is 9.59 Å². The lowest BCUT2D eigenvalue weighted by Crippen LogP contribution is -2.12. The summed E-state index contributed by atoms with van der Waals surface area (Å²) in [5.41, 5.74) is 3.83. The molecule has 0 aliphatic rings. The molecule has 0 spiro atoms. The highest BCUT2D eigenvalue weighted by atomic mass is 16.2. The number of carbonyl (C=O) groups excluding carboxylic acids is 2. The second-order valence-corrected chi connectivity index (χ2v) is 6.26. The fraction of sp³-hybridized carbons (Fsp3) is 0.238. The van der Waals surface area contributed by atoms with Crippen LogP contribution in [-0.2, 0) is 22.6 Å². The zero-order valence-electron chi connectivity index (χ0n) is 15.1. The lowest BCUT2D eigenvalue weighted by Gasteiger charge is -2.08. The van der Waals surface area contributed by atoms with Crippen molar-refractivity contribution in [3.63, 3.8) is 0 Å². The average molecular weight is 349 g/mol. The summed E-state index contributed by atoms with van der Waals surface area (Å²) in [4.78, 5) is 23.3. The minimum absolute atomic E-state index is 0.0239. The smallest absolute Gasteiger partial charge is 0.224 e. The van der Waals surface area contributed by atoms with Gasteiger partial charge in [0.15, 0.2) is 0 Å². The standard InChI is InChI=1S/C21H23N3O2/c1-3-24-14-13-19-16(5-4-6-20(19)24)7-12-21(26)23-18-10-8-17(9-11-18)22-15(2)25/h4-6,8-11,13-14H,3,7,12H2,1-2H3,(H,22,25)(H,23,26). The lowest BCUT2D eigenvalue weighted by atomic mass is 10.0. The summed E-state index contributed by atoms with van der Waals surface area (Å²) in [5, 5.41) is 6.81. The molecule has 1 heterocycles. The predicted octanol–water partition coefficient (Wildman–Crippen LogP) is 4.19. The average Bonchev–Trinajstić information content (AvgIpc) is 3.05. The van der Waals surface area contributed by atoms with E-state index in [0.717, 1.165) is 12.2 Å². The van der Waals surface area contributed by atoms with Crippen LogP contribution in [0.15, 0.2) is 54.7 Å². The number of amides is 2. The third kappa shape index (κ3) is 4.11. The molecule has 2 aromatic carbocycles. The number of carbonyl (C=O) groups is 2. The maximum Gasteiger partial charge on any atom is 0.224 e. The number of hydrogen-bond acceptors (Lipinski definition) is 2. The number of benzene rings is 2.